The number of hydrogen-bond donors (Lipinski definition) is 0. The molecule has 4 nitrogen and oxygen atoms in total. The van der Waals surface area contributed by atoms with Crippen molar-refractivity contribution in [2.24, 2.45) is 5.92 Å². The van der Waals surface area contributed by atoms with E-state index in [-0.39, 0.29) is 11.8 Å². The number of nitrogens with zero attached hydrogens (tertiary/aromatic N) is 2. The predicted octanol–water partition coefficient (Wildman–Crippen LogP) is 2.13. The van der Waals surface area contributed by atoms with Gasteiger partial charge in [0.1, 0.15) is 0 Å². The third-order valence-corrected chi connectivity index (χ3v) is 4.95. The predicted molar refractivity (Wildman–Crippen MR) is 67.8 cm³/mol. The lowest BCUT2D eigenvalue weighted by Crippen LogP contribution is -2.41. The van der Waals surface area contributed by atoms with E-state index in [0.29, 0.717) is 12.5 Å². The molecule has 0 amide bonds. The van der Waals surface area contributed by atoms with E-state index in [2.05, 4.69) is 13.8 Å². The summed E-state index contributed by atoms with van der Waals surface area (Å²) < 4.78 is 25.7. The SMILES string of the molecule is CC(C)CCN(C1CCCC1)S(=O)(=O)CC#N. The molecule has 1 aliphatic carbocycles. The Labute approximate surface area is 105 Å². The lowest BCUT2D eigenvalue weighted by atomic mass is 10.1. The van der Waals surface area contributed by atoms with Crippen molar-refractivity contribution >= 4 is 10.0 Å². The zero-order valence-corrected chi connectivity index (χ0v) is 11.5. The number of hydrogen-bond acceptors (Lipinski definition) is 3. The summed E-state index contributed by atoms with van der Waals surface area (Å²) >= 11 is 0. The van der Waals surface area contributed by atoms with Crippen LogP contribution in [-0.2, 0) is 10.0 Å². The first-order valence-corrected chi connectivity index (χ1v) is 7.94. The summed E-state index contributed by atoms with van der Waals surface area (Å²) in [6.07, 6.45) is 4.96. The normalized spacial score (nSPS) is 17.8. The van der Waals surface area contributed by atoms with Crippen LogP contribution in [0.1, 0.15) is 46.0 Å². The fourth-order valence-electron chi connectivity index (χ4n) is 2.29. The second-order valence-electron chi connectivity index (χ2n) is 5.15. The minimum Gasteiger partial charge on any atom is -0.211 e. The highest BCUT2D eigenvalue weighted by atomic mass is 32.2. The van der Waals surface area contributed by atoms with Crippen molar-refractivity contribution in [3.05, 3.63) is 0 Å². The molecular weight excluding hydrogens is 236 g/mol. The molecule has 0 unspecified atom stereocenters. The van der Waals surface area contributed by atoms with Crippen LogP contribution in [0.15, 0.2) is 0 Å². The van der Waals surface area contributed by atoms with Crippen LogP contribution in [0, 0.1) is 17.2 Å². The summed E-state index contributed by atoms with van der Waals surface area (Å²) in [5.74, 6) is 0.0953. The van der Waals surface area contributed by atoms with Gasteiger partial charge in [-0.2, -0.15) is 9.57 Å². The second kappa shape index (κ2) is 6.36. The fourth-order valence-corrected chi connectivity index (χ4v) is 3.67. The minimum atomic E-state index is -3.38. The van der Waals surface area contributed by atoms with Crippen molar-refractivity contribution in [1.29, 1.82) is 5.26 Å². The van der Waals surface area contributed by atoms with Crippen LogP contribution < -0.4 is 0 Å². The van der Waals surface area contributed by atoms with Crippen LogP contribution in [0.2, 0.25) is 0 Å². The molecule has 5 heteroatoms. The van der Waals surface area contributed by atoms with Gasteiger partial charge in [0.2, 0.25) is 10.0 Å². The highest BCUT2D eigenvalue weighted by Crippen LogP contribution is 2.26. The highest BCUT2D eigenvalue weighted by Gasteiger charge is 2.31. The van der Waals surface area contributed by atoms with Crippen LogP contribution in [0.25, 0.3) is 0 Å². The molecule has 1 aliphatic rings. The molecule has 0 bridgehead atoms. The lowest BCUT2D eigenvalue weighted by Gasteiger charge is -2.27. The number of sulfonamides is 1. The van der Waals surface area contributed by atoms with Gasteiger partial charge in [0.05, 0.1) is 6.07 Å². The van der Waals surface area contributed by atoms with Crippen molar-refractivity contribution in [2.45, 2.75) is 52.0 Å². The molecule has 0 aromatic rings. The van der Waals surface area contributed by atoms with Gasteiger partial charge in [-0.05, 0) is 25.2 Å². The van der Waals surface area contributed by atoms with Crippen molar-refractivity contribution in [3.63, 3.8) is 0 Å². The first-order valence-electron chi connectivity index (χ1n) is 6.34. The molecule has 0 heterocycles. The molecule has 0 atom stereocenters. The summed E-state index contributed by atoms with van der Waals surface area (Å²) in [5, 5.41) is 8.62. The Morgan fingerprint density at radius 1 is 1.35 bits per heavy atom. The maximum absolute atomic E-state index is 12.0. The van der Waals surface area contributed by atoms with Crippen LogP contribution in [-0.4, -0.2) is 31.1 Å². The van der Waals surface area contributed by atoms with Crippen molar-refractivity contribution in [2.75, 3.05) is 12.3 Å². The standard InChI is InChI=1S/C12H22N2O2S/c1-11(2)7-9-14(12-5-3-4-6-12)17(15,16)10-8-13/h11-12H,3-7,9-10H2,1-2H3. The molecule has 1 fully saturated rings. The molecule has 0 aromatic heterocycles. The van der Waals surface area contributed by atoms with Gasteiger partial charge < -0.3 is 0 Å². The molecular formula is C12H22N2O2S. The monoisotopic (exact) mass is 258 g/mol. The number of rotatable bonds is 6. The van der Waals surface area contributed by atoms with E-state index in [1.54, 1.807) is 10.4 Å². The van der Waals surface area contributed by atoms with E-state index in [0.717, 1.165) is 32.1 Å². The summed E-state index contributed by atoms with van der Waals surface area (Å²) in [7, 11) is -3.38. The average molecular weight is 258 g/mol. The molecule has 0 N–H and O–H groups in total. The van der Waals surface area contributed by atoms with Gasteiger partial charge in [0.15, 0.2) is 5.75 Å². The Morgan fingerprint density at radius 2 is 1.94 bits per heavy atom. The van der Waals surface area contributed by atoms with Crippen LogP contribution in [0.4, 0.5) is 0 Å². The summed E-state index contributed by atoms with van der Waals surface area (Å²) in [5.41, 5.74) is 0. The van der Waals surface area contributed by atoms with Gasteiger partial charge in [-0.1, -0.05) is 26.7 Å². The molecule has 1 saturated carbocycles. The van der Waals surface area contributed by atoms with Gasteiger partial charge >= 0.3 is 0 Å². The van der Waals surface area contributed by atoms with Gasteiger partial charge in [-0.15, -0.1) is 0 Å². The lowest BCUT2D eigenvalue weighted by molar-refractivity contribution is 0.306. The minimum absolute atomic E-state index is 0.132. The zero-order chi connectivity index (χ0) is 12.9. The molecule has 0 aromatic carbocycles. The Morgan fingerprint density at radius 3 is 2.41 bits per heavy atom. The third kappa shape index (κ3) is 4.29. The Balaban J connectivity index is 2.74. The van der Waals surface area contributed by atoms with Crippen LogP contribution in [0.3, 0.4) is 0 Å². The van der Waals surface area contributed by atoms with E-state index >= 15 is 0 Å². The molecule has 1 rings (SSSR count). The maximum Gasteiger partial charge on any atom is 0.227 e. The smallest absolute Gasteiger partial charge is 0.211 e. The van der Waals surface area contributed by atoms with Gasteiger partial charge in [0, 0.05) is 12.6 Å². The third-order valence-electron chi connectivity index (χ3n) is 3.26. The quantitative estimate of drug-likeness (QED) is 0.733. The van der Waals surface area contributed by atoms with E-state index in [9.17, 15) is 8.42 Å². The Bertz CT molecular complexity index is 364. The Kier molecular flexibility index (Phi) is 5.41. The highest BCUT2D eigenvalue weighted by molar-refractivity contribution is 7.89. The van der Waals surface area contributed by atoms with Crippen LogP contribution in [0.5, 0.6) is 0 Å². The van der Waals surface area contributed by atoms with Gasteiger partial charge in [-0.25, -0.2) is 8.42 Å². The average Bonchev–Trinajstić information content (AvgIpc) is 2.70. The van der Waals surface area contributed by atoms with Crippen molar-refractivity contribution in [1.82, 2.24) is 4.31 Å². The molecule has 0 saturated heterocycles. The topological polar surface area (TPSA) is 61.2 Å². The second-order valence-corrected chi connectivity index (χ2v) is 7.07. The molecule has 0 radical (unpaired) electrons. The van der Waals surface area contributed by atoms with Crippen molar-refractivity contribution < 1.29 is 8.42 Å². The van der Waals surface area contributed by atoms with E-state index in [1.165, 1.54) is 0 Å². The first kappa shape index (κ1) is 14.5. The maximum atomic E-state index is 12.0. The molecule has 0 spiro atoms. The first-order chi connectivity index (χ1) is 7.97. The fraction of sp³-hybridized carbons (Fsp3) is 0.917. The van der Waals surface area contributed by atoms with E-state index < -0.39 is 10.0 Å². The zero-order valence-electron chi connectivity index (χ0n) is 10.7. The van der Waals surface area contributed by atoms with E-state index in [1.807, 2.05) is 0 Å². The molecule has 0 aliphatic heterocycles. The molecule has 17 heavy (non-hydrogen) atoms. The van der Waals surface area contributed by atoms with Crippen LogP contribution >= 0.6 is 0 Å². The number of nitriles is 1. The van der Waals surface area contributed by atoms with Crippen molar-refractivity contribution in [3.8, 4) is 6.07 Å². The summed E-state index contributed by atoms with van der Waals surface area (Å²) in [6, 6.07) is 1.90. The Hall–Kier alpha value is -0.600. The van der Waals surface area contributed by atoms with E-state index in [4.69, 9.17) is 5.26 Å². The summed E-state index contributed by atoms with van der Waals surface area (Å²) in [4.78, 5) is 0. The van der Waals surface area contributed by atoms with Gasteiger partial charge in [0.25, 0.3) is 0 Å². The van der Waals surface area contributed by atoms with Gasteiger partial charge in [-0.3, -0.25) is 0 Å². The summed E-state index contributed by atoms with van der Waals surface area (Å²) in [6.45, 7) is 4.74. The molecule has 98 valence electrons. The largest absolute Gasteiger partial charge is 0.227 e.